The summed E-state index contributed by atoms with van der Waals surface area (Å²) in [5.41, 5.74) is 7.40. The van der Waals surface area contributed by atoms with Crippen molar-refractivity contribution in [1.82, 2.24) is 0 Å². The van der Waals surface area contributed by atoms with Crippen molar-refractivity contribution >= 4 is 34.8 Å². The Kier molecular flexibility index (Phi) is 4.94. The van der Waals surface area contributed by atoms with Crippen LogP contribution in [0.1, 0.15) is 11.1 Å². The molecule has 0 heterocycles. The fraction of sp³-hybridized carbons (Fsp3) is 0.143. The van der Waals surface area contributed by atoms with Gasteiger partial charge in [0.25, 0.3) is 0 Å². The summed E-state index contributed by atoms with van der Waals surface area (Å²) in [6.45, 7) is 0.681. The molecule has 0 saturated heterocycles. The molecule has 0 aliphatic carbocycles. The summed E-state index contributed by atoms with van der Waals surface area (Å²) < 4.78 is 5.73. The molecule has 0 amide bonds. The summed E-state index contributed by atoms with van der Waals surface area (Å²) in [5.74, 6) is 0.563. The minimum atomic E-state index is 0.311. The molecule has 0 aliphatic rings. The summed E-state index contributed by atoms with van der Waals surface area (Å²) in [6, 6.07) is 10.8. The van der Waals surface area contributed by atoms with E-state index in [0.29, 0.717) is 34.0 Å². The van der Waals surface area contributed by atoms with Crippen molar-refractivity contribution in [1.29, 1.82) is 0 Å². The molecular weight excluding hydrogens is 305 g/mol. The van der Waals surface area contributed by atoms with Gasteiger partial charge in [0, 0.05) is 22.2 Å². The fourth-order valence-corrected chi connectivity index (χ4v) is 2.51. The minimum Gasteiger partial charge on any atom is -0.487 e. The lowest BCUT2D eigenvalue weighted by atomic mass is 10.2. The molecule has 0 atom stereocenters. The summed E-state index contributed by atoms with van der Waals surface area (Å²) in [7, 11) is 0. The molecule has 2 N–H and O–H groups in total. The van der Waals surface area contributed by atoms with Crippen LogP contribution in [0.15, 0.2) is 36.4 Å². The third-order valence-electron chi connectivity index (χ3n) is 2.58. The molecule has 100 valence electrons. The third kappa shape index (κ3) is 3.77. The van der Waals surface area contributed by atoms with Crippen LogP contribution in [0.25, 0.3) is 0 Å². The monoisotopic (exact) mass is 315 g/mol. The maximum absolute atomic E-state index is 6.12. The fourth-order valence-electron chi connectivity index (χ4n) is 1.71. The largest absolute Gasteiger partial charge is 0.487 e. The number of rotatable bonds is 4. The van der Waals surface area contributed by atoms with Gasteiger partial charge in [-0.3, -0.25) is 0 Å². The van der Waals surface area contributed by atoms with Gasteiger partial charge in [-0.05, 0) is 29.8 Å². The van der Waals surface area contributed by atoms with Crippen LogP contribution in [-0.4, -0.2) is 0 Å². The highest BCUT2D eigenvalue weighted by atomic mass is 35.5. The summed E-state index contributed by atoms with van der Waals surface area (Å²) >= 11 is 18.0. The zero-order valence-corrected chi connectivity index (χ0v) is 12.3. The van der Waals surface area contributed by atoms with Crippen molar-refractivity contribution in [3.63, 3.8) is 0 Å². The van der Waals surface area contributed by atoms with Crippen LogP contribution in [0, 0.1) is 0 Å². The van der Waals surface area contributed by atoms with Crippen LogP contribution in [0.4, 0.5) is 0 Å². The maximum atomic E-state index is 6.12. The number of benzene rings is 2. The zero-order chi connectivity index (χ0) is 13.8. The molecule has 0 fully saturated rings. The highest BCUT2D eigenvalue weighted by molar-refractivity contribution is 6.35. The van der Waals surface area contributed by atoms with Gasteiger partial charge in [0.2, 0.25) is 0 Å². The Hall–Kier alpha value is -0.930. The predicted molar refractivity (Wildman–Crippen MR) is 80.1 cm³/mol. The van der Waals surface area contributed by atoms with E-state index in [4.69, 9.17) is 45.3 Å². The summed E-state index contributed by atoms with van der Waals surface area (Å²) in [5, 5.41) is 1.66. The van der Waals surface area contributed by atoms with Gasteiger partial charge in [-0.15, -0.1) is 0 Å². The summed E-state index contributed by atoms with van der Waals surface area (Å²) in [6.07, 6.45) is 0. The molecule has 5 heteroatoms. The molecule has 2 rings (SSSR count). The van der Waals surface area contributed by atoms with Crippen molar-refractivity contribution in [2.75, 3.05) is 0 Å². The number of ether oxygens (including phenoxy) is 1. The first kappa shape index (κ1) is 14.5. The molecule has 2 aromatic rings. The van der Waals surface area contributed by atoms with E-state index in [0.717, 1.165) is 11.1 Å². The molecule has 0 saturated carbocycles. The van der Waals surface area contributed by atoms with E-state index in [1.54, 1.807) is 12.1 Å². The van der Waals surface area contributed by atoms with Gasteiger partial charge in [-0.1, -0.05) is 46.9 Å². The molecule has 0 unspecified atom stereocenters. The lowest BCUT2D eigenvalue weighted by Gasteiger charge is -2.13. The molecule has 2 nitrogen and oxygen atoms in total. The van der Waals surface area contributed by atoms with Gasteiger partial charge in [0.05, 0.1) is 5.02 Å². The molecule has 0 aromatic heterocycles. The molecule has 0 radical (unpaired) electrons. The average molecular weight is 317 g/mol. The van der Waals surface area contributed by atoms with E-state index in [9.17, 15) is 0 Å². The van der Waals surface area contributed by atoms with Gasteiger partial charge in [0.1, 0.15) is 12.4 Å². The number of halogens is 3. The van der Waals surface area contributed by atoms with Crippen LogP contribution in [-0.2, 0) is 13.2 Å². The van der Waals surface area contributed by atoms with Crippen LogP contribution in [0.3, 0.4) is 0 Å². The van der Waals surface area contributed by atoms with E-state index < -0.39 is 0 Å². The topological polar surface area (TPSA) is 35.2 Å². The Balaban J connectivity index is 2.19. The van der Waals surface area contributed by atoms with Crippen molar-refractivity contribution in [3.05, 3.63) is 62.6 Å². The highest BCUT2D eigenvalue weighted by Gasteiger charge is 2.10. The quantitative estimate of drug-likeness (QED) is 0.888. The first-order valence-electron chi connectivity index (χ1n) is 5.65. The standard InChI is InChI=1S/C14H12Cl3NO/c15-11-3-1-2-9(4-11)8-19-14-10(7-18)5-12(16)6-13(14)17/h1-6H,7-8,18H2. The average Bonchev–Trinajstić information content (AvgIpc) is 2.37. The molecule has 0 bridgehead atoms. The molecule has 0 spiro atoms. The SMILES string of the molecule is NCc1cc(Cl)cc(Cl)c1OCc1cccc(Cl)c1. The van der Waals surface area contributed by atoms with Gasteiger partial charge in [0.15, 0.2) is 0 Å². The predicted octanol–water partition coefficient (Wildman–Crippen LogP) is 4.68. The minimum absolute atomic E-state index is 0.311. The second kappa shape index (κ2) is 6.49. The van der Waals surface area contributed by atoms with Crippen molar-refractivity contribution in [2.24, 2.45) is 5.73 Å². The van der Waals surface area contributed by atoms with Gasteiger partial charge >= 0.3 is 0 Å². The van der Waals surface area contributed by atoms with E-state index in [-0.39, 0.29) is 0 Å². The number of hydrogen-bond donors (Lipinski definition) is 1. The third-order valence-corrected chi connectivity index (χ3v) is 3.31. The van der Waals surface area contributed by atoms with Crippen molar-refractivity contribution in [3.8, 4) is 5.75 Å². The Morgan fingerprint density at radius 2 is 1.79 bits per heavy atom. The van der Waals surface area contributed by atoms with Crippen LogP contribution in [0.2, 0.25) is 15.1 Å². The maximum Gasteiger partial charge on any atom is 0.142 e. The normalized spacial score (nSPS) is 10.5. The van der Waals surface area contributed by atoms with E-state index >= 15 is 0 Å². The molecule has 19 heavy (non-hydrogen) atoms. The lowest BCUT2D eigenvalue weighted by molar-refractivity contribution is 0.303. The van der Waals surface area contributed by atoms with Crippen LogP contribution >= 0.6 is 34.8 Å². The van der Waals surface area contributed by atoms with Gasteiger partial charge in [-0.25, -0.2) is 0 Å². The number of nitrogens with two attached hydrogens (primary N) is 1. The van der Waals surface area contributed by atoms with E-state index in [1.807, 2.05) is 24.3 Å². The number of hydrogen-bond acceptors (Lipinski definition) is 2. The van der Waals surface area contributed by atoms with Gasteiger partial charge in [-0.2, -0.15) is 0 Å². The van der Waals surface area contributed by atoms with E-state index in [1.165, 1.54) is 0 Å². The van der Waals surface area contributed by atoms with E-state index in [2.05, 4.69) is 0 Å². The van der Waals surface area contributed by atoms with Crippen molar-refractivity contribution < 1.29 is 4.74 Å². The Bertz CT molecular complexity index is 587. The highest BCUT2D eigenvalue weighted by Crippen LogP contribution is 2.32. The van der Waals surface area contributed by atoms with Crippen LogP contribution in [0.5, 0.6) is 5.75 Å². The Morgan fingerprint density at radius 3 is 2.47 bits per heavy atom. The van der Waals surface area contributed by atoms with Crippen LogP contribution < -0.4 is 10.5 Å². The second-order valence-electron chi connectivity index (χ2n) is 4.00. The molecule has 0 aliphatic heterocycles. The Morgan fingerprint density at radius 1 is 1.00 bits per heavy atom. The smallest absolute Gasteiger partial charge is 0.142 e. The first-order valence-corrected chi connectivity index (χ1v) is 6.79. The van der Waals surface area contributed by atoms with Gasteiger partial charge < -0.3 is 10.5 Å². The van der Waals surface area contributed by atoms with Crippen molar-refractivity contribution in [2.45, 2.75) is 13.2 Å². The zero-order valence-electron chi connectivity index (χ0n) is 10.00. The Labute approximate surface area is 127 Å². The lowest BCUT2D eigenvalue weighted by Crippen LogP contribution is -2.03. The first-order chi connectivity index (χ1) is 9.10. The molecule has 2 aromatic carbocycles. The summed E-state index contributed by atoms with van der Waals surface area (Å²) in [4.78, 5) is 0. The second-order valence-corrected chi connectivity index (χ2v) is 5.28. The molecular formula is C14H12Cl3NO.